The van der Waals surface area contributed by atoms with Crippen LogP contribution in [0.25, 0.3) is 10.2 Å². The summed E-state index contributed by atoms with van der Waals surface area (Å²) >= 11 is 1.20. The lowest BCUT2D eigenvalue weighted by Gasteiger charge is -2.29. The maximum atomic E-state index is 12.6. The first kappa shape index (κ1) is 20.1. The van der Waals surface area contributed by atoms with Crippen molar-refractivity contribution in [3.05, 3.63) is 47.2 Å². The third-order valence-corrected chi connectivity index (χ3v) is 6.00. The van der Waals surface area contributed by atoms with Crippen LogP contribution >= 0.6 is 11.5 Å². The van der Waals surface area contributed by atoms with Crippen molar-refractivity contribution < 1.29 is 4.79 Å². The van der Waals surface area contributed by atoms with Gasteiger partial charge in [-0.3, -0.25) is 4.79 Å². The summed E-state index contributed by atoms with van der Waals surface area (Å²) < 4.78 is 4.93. The number of piperazine rings is 1. The van der Waals surface area contributed by atoms with Crippen molar-refractivity contribution in [1.29, 1.82) is 5.26 Å². The molecule has 9 heteroatoms. The number of fused-ring (bicyclic) bond motifs is 1. The molecular weight excluding hydrogens is 398 g/mol. The maximum absolute atomic E-state index is 12.6. The molecule has 4 rings (SSSR count). The second-order valence-electron chi connectivity index (χ2n) is 7.04. The number of benzene rings is 1. The van der Waals surface area contributed by atoms with Crippen molar-refractivity contribution in [2.75, 3.05) is 50.0 Å². The maximum Gasteiger partial charge on any atom is 0.269 e. The number of hydrogen-bond acceptors (Lipinski definition) is 8. The number of carbonyl (C=O) groups is 1. The Balaban J connectivity index is 1.38. The number of pyridine rings is 1. The molecule has 154 valence electrons. The van der Waals surface area contributed by atoms with E-state index < -0.39 is 0 Å². The molecule has 3 heterocycles. The molecule has 3 N–H and O–H groups in total. The Morgan fingerprint density at radius 3 is 2.77 bits per heavy atom. The first-order valence-electron chi connectivity index (χ1n) is 9.90. The lowest BCUT2D eigenvalue weighted by Crippen LogP contribution is -2.43. The van der Waals surface area contributed by atoms with E-state index in [1.54, 1.807) is 7.05 Å². The number of anilines is 2. The fourth-order valence-corrected chi connectivity index (χ4v) is 4.28. The Hall–Kier alpha value is -3.22. The molecule has 1 aliphatic heterocycles. The number of nitrogens with one attached hydrogen (secondary N) is 3. The highest BCUT2D eigenvalue weighted by Crippen LogP contribution is 2.28. The molecule has 2 aromatic heterocycles. The molecule has 1 aromatic carbocycles. The van der Waals surface area contributed by atoms with Crippen molar-refractivity contribution in [3.63, 3.8) is 0 Å². The predicted molar refractivity (Wildman–Crippen MR) is 119 cm³/mol. The number of rotatable bonds is 6. The first-order valence-corrected chi connectivity index (χ1v) is 10.7. The van der Waals surface area contributed by atoms with Crippen molar-refractivity contribution in [2.45, 2.75) is 6.42 Å². The quantitative estimate of drug-likeness (QED) is 0.559. The SMILES string of the molecule is CNc1nsc2c(C#N)cc(C(=O)NCCc3ccc(N4CCNCC4)cc3)nc12. The fraction of sp³-hybridized carbons (Fsp3) is 0.333. The molecule has 8 nitrogen and oxygen atoms in total. The highest BCUT2D eigenvalue weighted by Gasteiger charge is 2.16. The van der Waals surface area contributed by atoms with E-state index in [1.165, 1.54) is 23.3 Å². The van der Waals surface area contributed by atoms with Gasteiger partial charge in [-0.05, 0) is 41.7 Å². The van der Waals surface area contributed by atoms with Gasteiger partial charge in [-0.15, -0.1) is 0 Å². The summed E-state index contributed by atoms with van der Waals surface area (Å²) in [6.45, 7) is 4.56. The molecule has 0 atom stereocenters. The van der Waals surface area contributed by atoms with Crippen LogP contribution < -0.4 is 20.9 Å². The van der Waals surface area contributed by atoms with Crippen molar-refractivity contribution >= 4 is 39.2 Å². The normalized spacial score (nSPS) is 13.8. The van der Waals surface area contributed by atoms with E-state index in [0.717, 1.165) is 38.2 Å². The van der Waals surface area contributed by atoms with Gasteiger partial charge in [0.2, 0.25) is 0 Å². The van der Waals surface area contributed by atoms with E-state index >= 15 is 0 Å². The van der Waals surface area contributed by atoms with Crippen LogP contribution in [0, 0.1) is 11.3 Å². The van der Waals surface area contributed by atoms with E-state index in [4.69, 9.17) is 0 Å². The third-order valence-electron chi connectivity index (χ3n) is 5.13. The van der Waals surface area contributed by atoms with E-state index in [2.05, 4.69) is 60.5 Å². The van der Waals surface area contributed by atoms with Crippen LogP contribution in [0.3, 0.4) is 0 Å². The smallest absolute Gasteiger partial charge is 0.269 e. The van der Waals surface area contributed by atoms with Gasteiger partial charge in [0.05, 0.1) is 10.3 Å². The highest BCUT2D eigenvalue weighted by molar-refractivity contribution is 7.14. The molecule has 0 saturated carbocycles. The molecule has 0 radical (unpaired) electrons. The number of amides is 1. The Kier molecular flexibility index (Phi) is 6.07. The van der Waals surface area contributed by atoms with Gasteiger partial charge >= 0.3 is 0 Å². The third kappa shape index (κ3) is 4.20. The molecule has 0 aliphatic carbocycles. The summed E-state index contributed by atoms with van der Waals surface area (Å²) in [5.41, 5.74) is 3.58. The topological polar surface area (TPSA) is 106 Å². The molecule has 1 fully saturated rings. The van der Waals surface area contributed by atoms with Crippen LogP contribution in [0.2, 0.25) is 0 Å². The molecule has 1 aliphatic rings. The molecule has 3 aromatic rings. The summed E-state index contributed by atoms with van der Waals surface area (Å²) in [4.78, 5) is 19.4. The van der Waals surface area contributed by atoms with Gasteiger partial charge in [0, 0.05) is 45.5 Å². The largest absolute Gasteiger partial charge is 0.370 e. The summed E-state index contributed by atoms with van der Waals surface area (Å²) in [5, 5.41) is 18.6. The Labute approximate surface area is 179 Å². The van der Waals surface area contributed by atoms with Crippen LogP contribution in [0.4, 0.5) is 11.5 Å². The zero-order valence-corrected chi connectivity index (χ0v) is 17.6. The number of nitriles is 1. The van der Waals surface area contributed by atoms with Crippen LogP contribution in [-0.4, -0.2) is 55.0 Å². The fourth-order valence-electron chi connectivity index (χ4n) is 3.49. The molecule has 1 saturated heterocycles. The number of aromatic nitrogens is 2. The van der Waals surface area contributed by atoms with E-state index in [1.807, 2.05) is 0 Å². The first-order chi connectivity index (χ1) is 14.7. The summed E-state index contributed by atoms with van der Waals surface area (Å²) in [5.74, 6) is 0.282. The van der Waals surface area contributed by atoms with Gasteiger partial charge in [0.15, 0.2) is 5.82 Å². The van der Waals surface area contributed by atoms with E-state index in [0.29, 0.717) is 28.1 Å². The van der Waals surface area contributed by atoms with Crippen LogP contribution in [0.5, 0.6) is 0 Å². The van der Waals surface area contributed by atoms with Crippen LogP contribution in [0.15, 0.2) is 30.3 Å². The number of hydrogen-bond donors (Lipinski definition) is 3. The average molecular weight is 422 g/mol. The van der Waals surface area contributed by atoms with Crippen molar-refractivity contribution in [3.8, 4) is 6.07 Å². The molecule has 0 spiro atoms. The number of nitrogens with zero attached hydrogens (tertiary/aromatic N) is 4. The lowest BCUT2D eigenvalue weighted by molar-refractivity contribution is 0.0949. The van der Waals surface area contributed by atoms with Gasteiger partial charge in [-0.1, -0.05) is 12.1 Å². The Bertz CT molecular complexity index is 1080. The van der Waals surface area contributed by atoms with Gasteiger partial charge in [-0.2, -0.15) is 9.64 Å². The zero-order chi connectivity index (χ0) is 20.9. The zero-order valence-electron chi connectivity index (χ0n) is 16.7. The van der Waals surface area contributed by atoms with Gasteiger partial charge in [0.1, 0.15) is 17.3 Å². The van der Waals surface area contributed by atoms with Crippen molar-refractivity contribution in [2.24, 2.45) is 0 Å². The minimum absolute atomic E-state index is 0.227. The average Bonchev–Trinajstić information content (AvgIpc) is 3.22. The predicted octanol–water partition coefficient (Wildman–Crippen LogP) is 1.99. The standard InChI is InChI=1S/C21H23N7OS/c1-23-20-18-19(30-27-20)15(13-22)12-17(26-18)21(29)25-7-6-14-2-4-16(5-3-14)28-10-8-24-9-11-28/h2-5,12,24H,6-11H2,1H3,(H,23,27)(H,25,29). The van der Waals surface area contributed by atoms with Crippen LogP contribution in [0.1, 0.15) is 21.6 Å². The summed E-state index contributed by atoms with van der Waals surface area (Å²) in [7, 11) is 1.74. The van der Waals surface area contributed by atoms with Crippen molar-refractivity contribution in [1.82, 2.24) is 20.0 Å². The van der Waals surface area contributed by atoms with E-state index in [-0.39, 0.29) is 11.6 Å². The van der Waals surface area contributed by atoms with Gasteiger partial charge < -0.3 is 20.9 Å². The van der Waals surface area contributed by atoms with E-state index in [9.17, 15) is 10.1 Å². The molecular formula is C21H23N7OS. The molecule has 0 bridgehead atoms. The lowest BCUT2D eigenvalue weighted by atomic mass is 10.1. The van der Waals surface area contributed by atoms with Crippen LogP contribution in [-0.2, 0) is 6.42 Å². The molecule has 30 heavy (non-hydrogen) atoms. The minimum atomic E-state index is -0.293. The van der Waals surface area contributed by atoms with Gasteiger partial charge in [-0.25, -0.2) is 4.98 Å². The Morgan fingerprint density at radius 2 is 2.07 bits per heavy atom. The minimum Gasteiger partial charge on any atom is -0.370 e. The monoisotopic (exact) mass is 421 g/mol. The number of carbonyl (C=O) groups excluding carboxylic acids is 1. The second kappa shape index (κ2) is 9.07. The highest BCUT2D eigenvalue weighted by atomic mass is 32.1. The molecule has 1 amide bonds. The summed E-state index contributed by atoms with van der Waals surface area (Å²) in [6, 6.07) is 12.2. The summed E-state index contributed by atoms with van der Waals surface area (Å²) in [6.07, 6.45) is 0.725. The molecule has 0 unspecified atom stereocenters. The van der Waals surface area contributed by atoms with Gasteiger partial charge in [0.25, 0.3) is 5.91 Å². The Morgan fingerprint density at radius 1 is 1.30 bits per heavy atom. The second-order valence-corrected chi connectivity index (χ2v) is 7.81.